The summed E-state index contributed by atoms with van der Waals surface area (Å²) in [5.74, 6) is 0.0798. The minimum Gasteiger partial charge on any atom is -0.312 e. The lowest BCUT2D eigenvalue weighted by Crippen LogP contribution is -2.35. The van der Waals surface area contributed by atoms with E-state index in [2.05, 4.69) is 4.72 Å². The van der Waals surface area contributed by atoms with Crippen molar-refractivity contribution in [3.8, 4) is 0 Å². The molecule has 1 heterocycles. The van der Waals surface area contributed by atoms with Gasteiger partial charge in [-0.3, -0.25) is 9.52 Å². The normalized spacial score (nSPS) is 15.4. The van der Waals surface area contributed by atoms with Crippen LogP contribution in [0.3, 0.4) is 0 Å². The molecule has 2 aromatic carbocycles. The van der Waals surface area contributed by atoms with Gasteiger partial charge in [0.25, 0.3) is 10.0 Å². The molecule has 0 bridgehead atoms. The summed E-state index contributed by atoms with van der Waals surface area (Å²) < 4.78 is 27.3. The lowest BCUT2D eigenvalue weighted by atomic mass is 10.1. The molecule has 1 amide bonds. The van der Waals surface area contributed by atoms with Gasteiger partial charge in [-0.15, -0.1) is 0 Å². The Hall–Kier alpha value is -2.05. The van der Waals surface area contributed by atoms with E-state index in [4.69, 9.17) is 11.6 Å². The molecule has 1 N–H and O–H groups in total. The average Bonchev–Trinajstić information content (AvgIpc) is 2.57. The number of halogens is 1. The highest BCUT2D eigenvalue weighted by molar-refractivity contribution is 7.92. The SMILES string of the molecule is O=C1CCCCN1c1ccc(S(=O)(=O)Nc2ccc(Cl)cc2)cc1. The van der Waals surface area contributed by atoms with Gasteiger partial charge in [0, 0.05) is 29.4 Å². The molecule has 0 saturated carbocycles. The van der Waals surface area contributed by atoms with Crippen molar-refractivity contribution in [2.75, 3.05) is 16.2 Å². The molecule has 1 fully saturated rings. The minimum absolute atomic E-state index is 0.0798. The van der Waals surface area contributed by atoms with Crippen LogP contribution in [-0.2, 0) is 14.8 Å². The van der Waals surface area contributed by atoms with E-state index in [1.54, 1.807) is 41.3 Å². The molecule has 1 aliphatic heterocycles. The van der Waals surface area contributed by atoms with Crippen molar-refractivity contribution in [3.63, 3.8) is 0 Å². The number of rotatable bonds is 4. The number of carbonyl (C=O) groups is 1. The quantitative estimate of drug-likeness (QED) is 0.900. The van der Waals surface area contributed by atoms with Gasteiger partial charge in [-0.1, -0.05) is 11.6 Å². The van der Waals surface area contributed by atoms with Crippen molar-refractivity contribution in [2.24, 2.45) is 0 Å². The zero-order valence-corrected chi connectivity index (χ0v) is 14.5. The number of sulfonamides is 1. The van der Waals surface area contributed by atoms with Gasteiger partial charge in [0.2, 0.25) is 5.91 Å². The lowest BCUT2D eigenvalue weighted by molar-refractivity contribution is -0.119. The van der Waals surface area contributed by atoms with E-state index in [0.29, 0.717) is 23.7 Å². The molecule has 24 heavy (non-hydrogen) atoms. The molecule has 0 spiro atoms. The van der Waals surface area contributed by atoms with Crippen LogP contribution in [0.25, 0.3) is 0 Å². The van der Waals surface area contributed by atoms with E-state index in [1.807, 2.05) is 0 Å². The maximum Gasteiger partial charge on any atom is 0.261 e. The van der Waals surface area contributed by atoms with Gasteiger partial charge in [-0.05, 0) is 61.4 Å². The molecular formula is C17H17ClN2O3S. The van der Waals surface area contributed by atoms with E-state index in [0.717, 1.165) is 18.5 Å². The second-order valence-corrected chi connectivity index (χ2v) is 7.73. The standard InChI is InChI=1S/C17H17ClN2O3S/c18-13-4-6-14(7-5-13)19-24(22,23)16-10-8-15(9-11-16)20-12-2-1-3-17(20)21/h4-11,19H,1-3,12H2. The Morgan fingerprint density at radius 1 is 0.958 bits per heavy atom. The van der Waals surface area contributed by atoms with Gasteiger partial charge in [-0.2, -0.15) is 0 Å². The van der Waals surface area contributed by atoms with Crippen LogP contribution >= 0.6 is 11.6 Å². The smallest absolute Gasteiger partial charge is 0.261 e. The van der Waals surface area contributed by atoms with Crippen LogP contribution in [0.4, 0.5) is 11.4 Å². The second-order valence-electron chi connectivity index (χ2n) is 5.61. The predicted octanol–water partition coefficient (Wildman–Crippen LogP) is 3.66. The van der Waals surface area contributed by atoms with Crippen molar-refractivity contribution in [1.82, 2.24) is 0 Å². The summed E-state index contributed by atoms with van der Waals surface area (Å²) >= 11 is 5.79. The summed E-state index contributed by atoms with van der Waals surface area (Å²) in [6, 6.07) is 12.8. The maximum atomic E-state index is 12.4. The maximum absolute atomic E-state index is 12.4. The van der Waals surface area contributed by atoms with Gasteiger partial charge in [0.05, 0.1) is 4.90 Å². The van der Waals surface area contributed by atoms with Crippen LogP contribution in [0.1, 0.15) is 19.3 Å². The number of carbonyl (C=O) groups excluding carboxylic acids is 1. The Morgan fingerprint density at radius 2 is 1.62 bits per heavy atom. The molecule has 3 rings (SSSR count). The first-order valence-corrected chi connectivity index (χ1v) is 9.51. The van der Waals surface area contributed by atoms with E-state index in [9.17, 15) is 13.2 Å². The fourth-order valence-electron chi connectivity index (χ4n) is 2.62. The van der Waals surface area contributed by atoms with Crippen molar-refractivity contribution in [2.45, 2.75) is 24.2 Å². The Labute approximate surface area is 146 Å². The molecule has 0 atom stereocenters. The first-order chi connectivity index (χ1) is 11.5. The van der Waals surface area contributed by atoms with Crippen molar-refractivity contribution < 1.29 is 13.2 Å². The second kappa shape index (κ2) is 6.83. The van der Waals surface area contributed by atoms with Crippen LogP contribution < -0.4 is 9.62 Å². The van der Waals surface area contributed by atoms with Crippen LogP contribution in [0.2, 0.25) is 5.02 Å². The number of hydrogen-bond donors (Lipinski definition) is 1. The van der Waals surface area contributed by atoms with Gasteiger partial charge in [-0.25, -0.2) is 8.42 Å². The van der Waals surface area contributed by atoms with E-state index in [1.165, 1.54) is 12.1 Å². The Morgan fingerprint density at radius 3 is 2.25 bits per heavy atom. The zero-order chi connectivity index (χ0) is 17.2. The monoisotopic (exact) mass is 364 g/mol. The fraction of sp³-hybridized carbons (Fsp3) is 0.235. The molecule has 1 saturated heterocycles. The molecule has 0 aromatic heterocycles. The van der Waals surface area contributed by atoms with E-state index < -0.39 is 10.0 Å². The van der Waals surface area contributed by atoms with Crippen LogP contribution in [0.5, 0.6) is 0 Å². The molecule has 0 radical (unpaired) electrons. The number of hydrogen-bond acceptors (Lipinski definition) is 3. The predicted molar refractivity (Wildman–Crippen MR) is 94.9 cm³/mol. The van der Waals surface area contributed by atoms with Gasteiger partial charge >= 0.3 is 0 Å². The summed E-state index contributed by atoms with van der Waals surface area (Å²) in [5.41, 5.74) is 1.17. The average molecular weight is 365 g/mol. The highest BCUT2D eigenvalue weighted by atomic mass is 35.5. The molecule has 0 aliphatic carbocycles. The van der Waals surface area contributed by atoms with Crippen LogP contribution in [0, 0.1) is 0 Å². The summed E-state index contributed by atoms with van der Waals surface area (Å²) in [6.45, 7) is 0.675. The Balaban J connectivity index is 1.78. The summed E-state index contributed by atoms with van der Waals surface area (Å²) in [7, 11) is -3.68. The van der Waals surface area contributed by atoms with Crippen LogP contribution in [-0.4, -0.2) is 20.9 Å². The van der Waals surface area contributed by atoms with E-state index >= 15 is 0 Å². The Kier molecular flexibility index (Phi) is 4.78. The van der Waals surface area contributed by atoms with Crippen LogP contribution in [0.15, 0.2) is 53.4 Å². The van der Waals surface area contributed by atoms with E-state index in [-0.39, 0.29) is 10.8 Å². The zero-order valence-electron chi connectivity index (χ0n) is 12.9. The molecule has 7 heteroatoms. The molecule has 126 valence electrons. The molecular weight excluding hydrogens is 348 g/mol. The molecule has 1 aliphatic rings. The lowest BCUT2D eigenvalue weighted by Gasteiger charge is -2.26. The molecule has 0 unspecified atom stereocenters. The van der Waals surface area contributed by atoms with Crippen molar-refractivity contribution >= 4 is 38.9 Å². The molecule has 2 aromatic rings. The highest BCUT2D eigenvalue weighted by Gasteiger charge is 2.20. The third kappa shape index (κ3) is 3.71. The number of anilines is 2. The number of nitrogens with zero attached hydrogens (tertiary/aromatic N) is 1. The Bertz CT molecular complexity index is 833. The first kappa shape index (κ1) is 16.8. The van der Waals surface area contributed by atoms with Crippen molar-refractivity contribution in [1.29, 1.82) is 0 Å². The van der Waals surface area contributed by atoms with Gasteiger partial charge < -0.3 is 4.90 Å². The summed E-state index contributed by atoms with van der Waals surface area (Å²) in [6.07, 6.45) is 2.41. The number of benzene rings is 2. The summed E-state index contributed by atoms with van der Waals surface area (Å²) in [5, 5.41) is 0.536. The minimum atomic E-state index is -3.68. The largest absolute Gasteiger partial charge is 0.312 e. The number of amides is 1. The van der Waals surface area contributed by atoms with Crippen molar-refractivity contribution in [3.05, 3.63) is 53.6 Å². The number of nitrogens with one attached hydrogen (secondary N) is 1. The summed E-state index contributed by atoms with van der Waals surface area (Å²) in [4.78, 5) is 13.8. The highest BCUT2D eigenvalue weighted by Crippen LogP contribution is 2.24. The first-order valence-electron chi connectivity index (χ1n) is 7.64. The third-order valence-corrected chi connectivity index (χ3v) is 5.53. The number of piperidine rings is 1. The van der Waals surface area contributed by atoms with Gasteiger partial charge in [0.1, 0.15) is 0 Å². The third-order valence-electron chi connectivity index (χ3n) is 3.88. The van der Waals surface area contributed by atoms with Gasteiger partial charge in [0.15, 0.2) is 0 Å². The fourth-order valence-corrected chi connectivity index (χ4v) is 3.80. The topological polar surface area (TPSA) is 66.5 Å². The molecule has 5 nitrogen and oxygen atoms in total.